The highest BCUT2D eigenvalue weighted by molar-refractivity contribution is 7.99. The summed E-state index contributed by atoms with van der Waals surface area (Å²) in [4.78, 5) is 8.41. The summed E-state index contributed by atoms with van der Waals surface area (Å²) in [5, 5.41) is 6.21. The molecular weight excluding hydrogens is 234 g/mol. The van der Waals surface area contributed by atoms with Gasteiger partial charge in [-0.3, -0.25) is 4.68 Å². The topological polar surface area (TPSA) is 69.6 Å². The Hall–Kier alpha value is -1.40. The Morgan fingerprint density at radius 1 is 1.35 bits per heavy atom. The molecule has 2 heterocycles. The van der Waals surface area contributed by atoms with Gasteiger partial charge in [-0.05, 0) is 37.7 Å². The largest absolute Gasteiger partial charge is 0.330 e. The Morgan fingerprint density at radius 3 is 2.71 bits per heavy atom. The zero-order chi connectivity index (χ0) is 12.3. The first-order valence-corrected chi connectivity index (χ1v) is 6.21. The zero-order valence-electron chi connectivity index (χ0n) is 9.92. The number of nitrogens with two attached hydrogens (primary N) is 1. The first-order chi connectivity index (χ1) is 8.22. The van der Waals surface area contributed by atoms with Crippen LogP contribution in [0.2, 0.25) is 0 Å². The monoisotopic (exact) mass is 249 g/mol. The van der Waals surface area contributed by atoms with Crippen molar-refractivity contribution in [3.05, 3.63) is 29.7 Å². The van der Waals surface area contributed by atoms with Crippen LogP contribution in [0.15, 0.2) is 28.6 Å². The van der Waals surface area contributed by atoms with E-state index < -0.39 is 0 Å². The van der Waals surface area contributed by atoms with Crippen molar-refractivity contribution in [1.82, 2.24) is 19.7 Å². The Labute approximate surface area is 104 Å². The molecule has 0 radical (unpaired) electrons. The third-order valence-corrected chi connectivity index (χ3v) is 3.51. The second-order valence-corrected chi connectivity index (χ2v) is 4.62. The standard InChI is InChI=1S/C11H15N5S/c1-8-9(4-5-12)10(16(2)15-8)17-11-13-6-3-7-14-11/h3,6-7H,4-5,12H2,1-2H3. The molecule has 2 aromatic rings. The summed E-state index contributed by atoms with van der Waals surface area (Å²) < 4.78 is 1.86. The molecule has 5 nitrogen and oxygen atoms in total. The lowest BCUT2D eigenvalue weighted by Gasteiger charge is -2.03. The van der Waals surface area contributed by atoms with Crippen LogP contribution in [0.1, 0.15) is 11.3 Å². The van der Waals surface area contributed by atoms with Crippen LogP contribution in [0.3, 0.4) is 0 Å². The van der Waals surface area contributed by atoms with Gasteiger partial charge in [0.1, 0.15) is 5.03 Å². The minimum Gasteiger partial charge on any atom is -0.330 e. The van der Waals surface area contributed by atoms with E-state index in [1.807, 2.05) is 18.7 Å². The normalized spacial score (nSPS) is 10.8. The zero-order valence-corrected chi connectivity index (χ0v) is 10.7. The van der Waals surface area contributed by atoms with Crippen molar-refractivity contribution in [2.24, 2.45) is 12.8 Å². The van der Waals surface area contributed by atoms with Crippen LogP contribution in [0.25, 0.3) is 0 Å². The SMILES string of the molecule is Cc1nn(C)c(Sc2ncccn2)c1CCN. The van der Waals surface area contributed by atoms with Gasteiger partial charge in [0.05, 0.1) is 5.69 Å². The molecule has 0 atom stereocenters. The number of nitrogens with zero attached hydrogens (tertiary/aromatic N) is 4. The maximum absolute atomic E-state index is 5.62. The van der Waals surface area contributed by atoms with E-state index in [2.05, 4.69) is 15.1 Å². The molecule has 0 amide bonds. The van der Waals surface area contributed by atoms with E-state index in [9.17, 15) is 0 Å². The van der Waals surface area contributed by atoms with Crippen LogP contribution < -0.4 is 5.73 Å². The molecule has 0 aliphatic rings. The third-order valence-electron chi connectivity index (χ3n) is 2.41. The quantitative estimate of drug-likeness (QED) is 0.824. The van der Waals surface area contributed by atoms with Gasteiger partial charge in [-0.2, -0.15) is 5.10 Å². The first kappa shape index (κ1) is 12.1. The van der Waals surface area contributed by atoms with Gasteiger partial charge in [-0.15, -0.1) is 0 Å². The Bertz CT molecular complexity index is 494. The highest BCUT2D eigenvalue weighted by Gasteiger charge is 2.14. The maximum Gasteiger partial charge on any atom is 0.193 e. The van der Waals surface area contributed by atoms with E-state index in [0.29, 0.717) is 6.54 Å². The summed E-state index contributed by atoms with van der Waals surface area (Å²) >= 11 is 1.52. The molecule has 0 bridgehead atoms. The van der Waals surface area contributed by atoms with Crippen molar-refractivity contribution in [3.63, 3.8) is 0 Å². The third kappa shape index (κ3) is 2.65. The van der Waals surface area contributed by atoms with Crippen molar-refractivity contribution in [2.45, 2.75) is 23.5 Å². The highest BCUT2D eigenvalue weighted by Crippen LogP contribution is 2.29. The fraction of sp³-hybridized carbons (Fsp3) is 0.364. The molecule has 0 aliphatic carbocycles. The van der Waals surface area contributed by atoms with Crippen LogP contribution in [0.5, 0.6) is 0 Å². The average Bonchev–Trinajstić information content (AvgIpc) is 2.58. The van der Waals surface area contributed by atoms with Crippen LogP contribution in [-0.2, 0) is 13.5 Å². The van der Waals surface area contributed by atoms with E-state index in [0.717, 1.165) is 22.3 Å². The minimum atomic E-state index is 0.621. The van der Waals surface area contributed by atoms with E-state index in [-0.39, 0.29) is 0 Å². The molecule has 6 heteroatoms. The van der Waals surface area contributed by atoms with Gasteiger partial charge in [0.15, 0.2) is 5.16 Å². The Balaban J connectivity index is 2.31. The van der Waals surface area contributed by atoms with E-state index in [1.54, 1.807) is 18.5 Å². The molecule has 0 aliphatic heterocycles. The summed E-state index contributed by atoms with van der Waals surface area (Å²) in [5.74, 6) is 0. The van der Waals surface area contributed by atoms with Crippen LogP contribution in [0, 0.1) is 6.92 Å². The van der Waals surface area contributed by atoms with Crippen LogP contribution in [-0.4, -0.2) is 26.3 Å². The summed E-state index contributed by atoms with van der Waals surface area (Å²) in [6.45, 7) is 2.62. The van der Waals surface area contributed by atoms with Crippen molar-refractivity contribution < 1.29 is 0 Å². The molecular formula is C11H15N5S. The molecule has 2 rings (SSSR count). The molecule has 2 N–H and O–H groups in total. The van der Waals surface area contributed by atoms with Crippen LogP contribution in [0.4, 0.5) is 0 Å². The molecule has 0 aromatic carbocycles. The fourth-order valence-electron chi connectivity index (χ4n) is 1.67. The second kappa shape index (κ2) is 5.29. The summed E-state index contributed by atoms with van der Waals surface area (Å²) in [7, 11) is 1.93. The van der Waals surface area contributed by atoms with Gasteiger partial charge >= 0.3 is 0 Å². The summed E-state index contributed by atoms with van der Waals surface area (Å²) in [6, 6.07) is 1.80. The van der Waals surface area contributed by atoms with Crippen molar-refractivity contribution in [1.29, 1.82) is 0 Å². The number of hydrogen-bond acceptors (Lipinski definition) is 5. The molecule has 0 spiro atoms. The molecule has 2 aromatic heterocycles. The predicted octanol–water partition coefficient (Wildman–Crippen LogP) is 1.17. The summed E-state index contributed by atoms with van der Waals surface area (Å²) in [6.07, 6.45) is 4.30. The number of aryl methyl sites for hydroxylation is 2. The van der Waals surface area contributed by atoms with E-state index >= 15 is 0 Å². The lowest BCUT2D eigenvalue weighted by molar-refractivity contribution is 0.686. The lowest BCUT2D eigenvalue weighted by atomic mass is 10.2. The Morgan fingerprint density at radius 2 is 2.06 bits per heavy atom. The van der Waals surface area contributed by atoms with Crippen molar-refractivity contribution >= 4 is 11.8 Å². The average molecular weight is 249 g/mol. The lowest BCUT2D eigenvalue weighted by Crippen LogP contribution is -2.04. The molecule has 0 unspecified atom stereocenters. The maximum atomic E-state index is 5.62. The molecule has 17 heavy (non-hydrogen) atoms. The molecule has 0 saturated heterocycles. The number of rotatable bonds is 4. The van der Waals surface area contributed by atoms with Crippen LogP contribution >= 0.6 is 11.8 Å². The predicted molar refractivity (Wildman–Crippen MR) is 66.9 cm³/mol. The number of aromatic nitrogens is 4. The van der Waals surface area contributed by atoms with Gasteiger partial charge in [0, 0.05) is 25.0 Å². The Kier molecular flexibility index (Phi) is 3.75. The van der Waals surface area contributed by atoms with Crippen molar-refractivity contribution in [2.75, 3.05) is 6.54 Å². The van der Waals surface area contributed by atoms with Gasteiger partial charge in [-0.25, -0.2) is 9.97 Å². The van der Waals surface area contributed by atoms with Gasteiger partial charge in [0.2, 0.25) is 0 Å². The van der Waals surface area contributed by atoms with E-state index in [4.69, 9.17) is 5.73 Å². The van der Waals surface area contributed by atoms with Gasteiger partial charge < -0.3 is 5.73 Å². The highest BCUT2D eigenvalue weighted by atomic mass is 32.2. The van der Waals surface area contributed by atoms with Crippen molar-refractivity contribution in [3.8, 4) is 0 Å². The molecule has 90 valence electrons. The minimum absolute atomic E-state index is 0.621. The second-order valence-electron chi connectivity index (χ2n) is 3.66. The smallest absolute Gasteiger partial charge is 0.193 e. The molecule has 0 saturated carbocycles. The van der Waals surface area contributed by atoms with E-state index in [1.165, 1.54) is 17.3 Å². The fourth-order valence-corrected chi connectivity index (χ4v) is 2.61. The molecule has 0 fully saturated rings. The van der Waals surface area contributed by atoms with Gasteiger partial charge in [0.25, 0.3) is 0 Å². The number of hydrogen-bond donors (Lipinski definition) is 1. The summed E-state index contributed by atoms with van der Waals surface area (Å²) in [5.41, 5.74) is 7.84. The van der Waals surface area contributed by atoms with Gasteiger partial charge in [-0.1, -0.05) is 0 Å². The first-order valence-electron chi connectivity index (χ1n) is 5.39.